The van der Waals surface area contributed by atoms with Gasteiger partial charge in [0, 0.05) is 6.42 Å². The number of unbranched alkanes of at least 4 members (excludes halogenated alkanes) is 15. The minimum atomic E-state index is -0.315. The van der Waals surface area contributed by atoms with Crippen LogP contribution in [0.15, 0.2) is 0 Å². The van der Waals surface area contributed by atoms with Crippen LogP contribution >= 0.6 is 0 Å². The van der Waals surface area contributed by atoms with Gasteiger partial charge in [0.25, 0.3) is 0 Å². The zero-order chi connectivity index (χ0) is 27.5. The molecule has 0 spiro atoms. The Morgan fingerprint density at radius 1 is 0.459 bits per heavy atom. The first-order chi connectivity index (χ1) is 18.1. The number of hydrogen-bond acceptors (Lipinski definition) is 4. The number of carbonyl (C=O) groups excluding carboxylic acids is 2. The van der Waals surface area contributed by atoms with Crippen molar-refractivity contribution in [2.45, 2.75) is 182 Å². The lowest BCUT2D eigenvalue weighted by molar-refractivity contribution is -0.158. The van der Waals surface area contributed by atoms with Gasteiger partial charge in [0.15, 0.2) is 0 Å². The highest BCUT2D eigenvalue weighted by Crippen LogP contribution is 2.38. The molecule has 0 radical (unpaired) electrons. The van der Waals surface area contributed by atoms with E-state index < -0.39 is 0 Å². The molecule has 0 unspecified atom stereocenters. The summed E-state index contributed by atoms with van der Waals surface area (Å²) in [5.74, 6) is 0.00768. The van der Waals surface area contributed by atoms with E-state index in [1.807, 2.05) is 0 Å². The zero-order valence-corrected chi connectivity index (χ0v) is 25.5. The first-order valence-corrected chi connectivity index (χ1v) is 16.4. The van der Waals surface area contributed by atoms with Crippen molar-refractivity contribution in [3.8, 4) is 0 Å². The second kappa shape index (κ2) is 26.5. The van der Waals surface area contributed by atoms with Crippen molar-refractivity contribution >= 4 is 11.9 Å². The Kier molecular flexibility index (Phi) is 25.8. The summed E-state index contributed by atoms with van der Waals surface area (Å²) < 4.78 is 11.3. The van der Waals surface area contributed by atoms with Crippen LogP contribution in [0.3, 0.4) is 0 Å². The molecule has 0 aliphatic heterocycles. The van der Waals surface area contributed by atoms with Crippen LogP contribution in [0.25, 0.3) is 0 Å². The molecule has 0 aromatic carbocycles. The predicted molar refractivity (Wildman–Crippen MR) is 158 cm³/mol. The van der Waals surface area contributed by atoms with Crippen molar-refractivity contribution in [3.63, 3.8) is 0 Å². The molecule has 0 rings (SSSR count). The van der Waals surface area contributed by atoms with Crippen LogP contribution in [-0.4, -0.2) is 25.2 Å². The molecular weight excluding hydrogens is 460 g/mol. The molecule has 0 saturated carbocycles. The maximum absolute atomic E-state index is 13.3. The molecule has 220 valence electrons. The van der Waals surface area contributed by atoms with Gasteiger partial charge in [0.2, 0.25) is 0 Å². The Hall–Kier alpha value is -1.06. The lowest BCUT2D eigenvalue weighted by atomic mass is 9.74. The van der Waals surface area contributed by atoms with Crippen LogP contribution in [0.4, 0.5) is 0 Å². The first-order valence-electron chi connectivity index (χ1n) is 16.4. The summed E-state index contributed by atoms with van der Waals surface area (Å²) in [4.78, 5) is 25.3. The minimum Gasteiger partial charge on any atom is -0.466 e. The van der Waals surface area contributed by atoms with E-state index in [1.165, 1.54) is 51.4 Å². The van der Waals surface area contributed by atoms with Gasteiger partial charge in [-0.1, -0.05) is 137 Å². The molecule has 0 fully saturated rings. The van der Waals surface area contributed by atoms with Crippen LogP contribution in [-0.2, 0) is 19.1 Å². The minimum absolute atomic E-state index is 0.0490. The van der Waals surface area contributed by atoms with Crippen molar-refractivity contribution in [3.05, 3.63) is 0 Å². The molecule has 0 N–H and O–H groups in total. The van der Waals surface area contributed by atoms with Crippen molar-refractivity contribution in [2.75, 3.05) is 13.2 Å². The Morgan fingerprint density at radius 2 is 0.865 bits per heavy atom. The Bertz CT molecular complexity index is 508. The molecular formula is C33H64O4. The molecule has 0 amide bonds. The number of rotatable bonds is 28. The number of hydrogen-bond donors (Lipinski definition) is 0. The summed E-state index contributed by atoms with van der Waals surface area (Å²) in [5.41, 5.74) is -0.315. The lowest BCUT2D eigenvalue weighted by Gasteiger charge is -2.32. The normalized spacial score (nSPS) is 11.6. The largest absolute Gasteiger partial charge is 0.466 e. The molecule has 0 aromatic rings. The maximum atomic E-state index is 13.3. The van der Waals surface area contributed by atoms with E-state index in [4.69, 9.17) is 9.47 Å². The highest BCUT2D eigenvalue weighted by molar-refractivity contribution is 5.76. The van der Waals surface area contributed by atoms with Crippen molar-refractivity contribution in [1.82, 2.24) is 0 Å². The van der Waals surface area contributed by atoms with Gasteiger partial charge in [-0.15, -0.1) is 0 Å². The van der Waals surface area contributed by atoms with E-state index in [0.29, 0.717) is 19.6 Å². The number of carbonyl (C=O) groups is 2. The van der Waals surface area contributed by atoms with Crippen LogP contribution in [0.5, 0.6) is 0 Å². The molecule has 0 aromatic heterocycles. The summed E-state index contributed by atoms with van der Waals surface area (Å²) in [7, 11) is 0. The summed E-state index contributed by atoms with van der Waals surface area (Å²) >= 11 is 0. The Balaban J connectivity index is 4.35. The lowest BCUT2D eigenvalue weighted by Crippen LogP contribution is -2.33. The molecule has 0 saturated heterocycles. The monoisotopic (exact) mass is 524 g/mol. The van der Waals surface area contributed by atoms with E-state index in [2.05, 4.69) is 27.7 Å². The SMILES string of the molecule is CCCCCCCCOC(=O)CCCCCCC(CCCC)(CCCC)C(=O)OCCCCCCCC. The molecule has 4 nitrogen and oxygen atoms in total. The fourth-order valence-corrected chi connectivity index (χ4v) is 5.14. The zero-order valence-electron chi connectivity index (χ0n) is 25.5. The summed E-state index contributed by atoms with van der Waals surface area (Å²) in [6, 6.07) is 0. The van der Waals surface area contributed by atoms with Gasteiger partial charge in [-0.2, -0.15) is 0 Å². The van der Waals surface area contributed by atoms with Crippen molar-refractivity contribution < 1.29 is 19.1 Å². The third-order valence-corrected chi connectivity index (χ3v) is 7.73. The number of ether oxygens (including phenoxy) is 2. The molecule has 4 heteroatoms. The quantitative estimate of drug-likeness (QED) is 0.0754. The van der Waals surface area contributed by atoms with Gasteiger partial charge in [-0.25, -0.2) is 0 Å². The van der Waals surface area contributed by atoms with E-state index >= 15 is 0 Å². The van der Waals surface area contributed by atoms with Crippen LogP contribution in [0, 0.1) is 5.41 Å². The van der Waals surface area contributed by atoms with Gasteiger partial charge < -0.3 is 9.47 Å². The molecule has 0 aliphatic rings. The average molecular weight is 525 g/mol. The van der Waals surface area contributed by atoms with E-state index in [0.717, 1.165) is 96.3 Å². The van der Waals surface area contributed by atoms with Crippen LogP contribution in [0.2, 0.25) is 0 Å². The first kappa shape index (κ1) is 35.9. The van der Waals surface area contributed by atoms with E-state index in [9.17, 15) is 9.59 Å². The highest BCUT2D eigenvalue weighted by atomic mass is 16.5. The van der Waals surface area contributed by atoms with Gasteiger partial charge in [0.05, 0.1) is 18.6 Å². The second-order valence-electron chi connectivity index (χ2n) is 11.3. The molecule has 0 atom stereocenters. The van der Waals surface area contributed by atoms with Gasteiger partial charge in [0.1, 0.15) is 0 Å². The van der Waals surface area contributed by atoms with Gasteiger partial charge >= 0.3 is 11.9 Å². The number of esters is 2. The average Bonchev–Trinajstić information content (AvgIpc) is 2.90. The summed E-state index contributed by atoms with van der Waals surface area (Å²) in [6.45, 7) is 10.0. The predicted octanol–water partition coefficient (Wildman–Crippen LogP) is 10.5. The van der Waals surface area contributed by atoms with E-state index in [-0.39, 0.29) is 17.4 Å². The van der Waals surface area contributed by atoms with Gasteiger partial charge in [-0.3, -0.25) is 9.59 Å². The standard InChI is InChI=1S/C33H64O4/c1-5-9-13-15-19-23-29-36-31(34)25-21-17-18-22-28-33(26-11-7-3,27-12-8-4)32(35)37-30-24-20-16-14-10-6-2/h5-30H2,1-4H3. The smallest absolute Gasteiger partial charge is 0.312 e. The fraction of sp³-hybridized carbons (Fsp3) is 0.939. The topological polar surface area (TPSA) is 52.6 Å². The fourth-order valence-electron chi connectivity index (χ4n) is 5.14. The third-order valence-electron chi connectivity index (χ3n) is 7.73. The highest BCUT2D eigenvalue weighted by Gasteiger charge is 2.38. The van der Waals surface area contributed by atoms with Crippen LogP contribution < -0.4 is 0 Å². The maximum Gasteiger partial charge on any atom is 0.312 e. The van der Waals surface area contributed by atoms with E-state index in [1.54, 1.807) is 0 Å². The second-order valence-corrected chi connectivity index (χ2v) is 11.3. The van der Waals surface area contributed by atoms with Crippen molar-refractivity contribution in [2.24, 2.45) is 5.41 Å². The molecule has 0 bridgehead atoms. The molecule has 0 heterocycles. The van der Waals surface area contributed by atoms with Crippen LogP contribution in [0.1, 0.15) is 182 Å². The Labute approximate surface area is 231 Å². The summed E-state index contributed by atoms with van der Waals surface area (Å²) in [6.07, 6.45) is 26.2. The third kappa shape index (κ3) is 20.6. The summed E-state index contributed by atoms with van der Waals surface area (Å²) in [5, 5.41) is 0. The van der Waals surface area contributed by atoms with Gasteiger partial charge in [-0.05, 0) is 38.5 Å². The molecule has 0 aliphatic carbocycles. The molecule has 37 heavy (non-hydrogen) atoms. The Morgan fingerprint density at radius 3 is 1.41 bits per heavy atom. The van der Waals surface area contributed by atoms with Crippen molar-refractivity contribution in [1.29, 1.82) is 0 Å².